The van der Waals surface area contributed by atoms with E-state index in [1.807, 2.05) is 0 Å². The first kappa shape index (κ1) is 26.2. The van der Waals surface area contributed by atoms with Crippen LogP contribution >= 0.6 is 24.0 Å². The fourth-order valence-corrected chi connectivity index (χ4v) is 2.64. The van der Waals surface area contributed by atoms with E-state index in [9.17, 15) is 9.59 Å². The number of methoxy groups -OCH3 is 1. The van der Waals surface area contributed by atoms with Gasteiger partial charge < -0.3 is 15.4 Å². The summed E-state index contributed by atoms with van der Waals surface area (Å²) in [5.74, 6) is 1.05. The number of hydrogen-bond acceptors (Lipinski definition) is 9. The molecular weight excluding hydrogens is 479 g/mol. The van der Waals surface area contributed by atoms with Gasteiger partial charge in [-0.15, -0.1) is 12.4 Å². The highest BCUT2D eigenvalue weighted by atomic mass is 35.5. The summed E-state index contributed by atoms with van der Waals surface area (Å²) in [6.45, 7) is 0. The van der Waals surface area contributed by atoms with Gasteiger partial charge >= 0.3 is 5.97 Å². The van der Waals surface area contributed by atoms with Crippen LogP contribution in [0.1, 0.15) is 20.7 Å². The average molecular weight is 499 g/mol. The molecule has 0 radical (unpaired) electrons. The van der Waals surface area contributed by atoms with Gasteiger partial charge in [0, 0.05) is 29.3 Å². The van der Waals surface area contributed by atoms with Crippen LogP contribution in [0, 0.1) is 0 Å². The summed E-state index contributed by atoms with van der Waals surface area (Å²) in [5, 5.41) is 5.69. The van der Waals surface area contributed by atoms with Crippen molar-refractivity contribution in [1.82, 2.24) is 19.9 Å². The Bertz CT molecular complexity index is 1180. The van der Waals surface area contributed by atoms with Crippen molar-refractivity contribution >= 4 is 58.2 Å². The van der Waals surface area contributed by atoms with E-state index < -0.39 is 5.24 Å². The number of rotatable bonds is 6. The maximum absolute atomic E-state index is 11.2. The van der Waals surface area contributed by atoms with E-state index in [-0.39, 0.29) is 18.4 Å². The molecule has 174 valence electrons. The molecule has 0 spiro atoms. The smallest absolute Gasteiger partial charge is 0.337 e. The summed E-state index contributed by atoms with van der Waals surface area (Å²) in [7, 11) is 1.36. The molecule has 0 saturated heterocycles. The van der Waals surface area contributed by atoms with E-state index in [1.165, 1.54) is 19.8 Å². The molecule has 34 heavy (non-hydrogen) atoms. The molecule has 0 amide bonds. The lowest BCUT2D eigenvalue weighted by Crippen LogP contribution is -2.01. The molecule has 0 unspecified atom stereocenters. The minimum absolute atomic E-state index is 0. The average Bonchev–Trinajstić information content (AvgIpc) is 2.86. The van der Waals surface area contributed by atoms with Crippen LogP contribution in [0.25, 0.3) is 0 Å². The van der Waals surface area contributed by atoms with Gasteiger partial charge in [0.05, 0.1) is 12.7 Å². The Balaban J connectivity index is 0.000000234. The zero-order chi connectivity index (χ0) is 23.5. The fraction of sp³-hybridized carbons (Fsp3) is 0.0435. The quantitative estimate of drug-likeness (QED) is 0.278. The Morgan fingerprint density at radius 3 is 1.53 bits per heavy atom. The summed E-state index contributed by atoms with van der Waals surface area (Å²) in [6, 6.07) is 17.3. The van der Waals surface area contributed by atoms with E-state index in [1.54, 1.807) is 73.1 Å². The molecule has 4 rings (SSSR count). The maximum Gasteiger partial charge on any atom is 0.337 e. The zero-order valence-corrected chi connectivity index (χ0v) is 19.5. The third-order valence-electron chi connectivity index (χ3n) is 4.13. The van der Waals surface area contributed by atoms with Crippen molar-refractivity contribution in [3.8, 4) is 0 Å². The molecular formula is C23H20Cl2N6O3. The number of esters is 1. The molecule has 4 aromatic rings. The standard InChI is InChI=1S/C12H11N3O2.C11H8ClN3O.ClH/c1-17-12(16)9-2-4-10(5-3-9)15-11-6-7-13-8-14-11;12-11(16)8-1-3-9(4-2-8)15-10-5-6-13-7-14-10;/h2-8H,1H3,(H,13,14,15);1-7H,(H,13,14,15);1H. The third kappa shape index (κ3) is 8.12. The number of halogens is 2. The van der Waals surface area contributed by atoms with Gasteiger partial charge in [-0.1, -0.05) is 0 Å². The van der Waals surface area contributed by atoms with Gasteiger partial charge in [-0.05, 0) is 72.3 Å². The Morgan fingerprint density at radius 2 is 1.18 bits per heavy atom. The van der Waals surface area contributed by atoms with Crippen LogP contribution in [0.15, 0.2) is 85.7 Å². The Kier molecular flexibility index (Phi) is 10.4. The molecule has 0 aliphatic carbocycles. The second-order valence-electron chi connectivity index (χ2n) is 6.36. The van der Waals surface area contributed by atoms with Gasteiger partial charge in [0.1, 0.15) is 24.3 Å². The van der Waals surface area contributed by atoms with Crippen molar-refractivity contribution in [3.63, 3.8) is 0 Å². The number of carbonyl (C=O) groups excluding carboxylic acids is 2. The molecule has 0 aliphatic heterocycles. The van der Waals surface area contributed by atoms with Crippen LogP contribution in [-0.2, 0) is 4.74 Å². The van der Waals surface area contributed by atoms with Crippen molar-refractivity contribution in [2.24, 2.45) is 0 Å². The normalized spacial score (nSPS) is 9.47. The minimum atomic E-state index is -0.464. The molecule has 2 aromatic carbocycles. The minimum Gasteiger partial charge on any atom is -0.465 e. The number of benzene rings is 2. The number of aromatic nitrogens is 4. The lowest BCUT2D eigenvalue weighted by Gasteiger charge is -2.05. The monoisotopic (exact) mass is 498 g/mol. The predicted octanol–water partition coefficient (Wildman–Crippen LogP) is 5.03. The summed E-state index contributed by atoms with van der Waals surface area (Å²) in [6.07, 6.45) is 6.22. The van der Waals surface area contributed by atoms with Gasteiger partial charge in [-0.25, -0.2) is 24.7 Å². The van der Waals surface area contributed by atoms with Crippen molar-refractivity contribution in [2.75, 3.05) is 17.7 Å². The van der Waals surface area contributed by atoms with Crippen LogP contribution in [0.4, 0.5) is 23.0 Å². The first-order chi connectivity index (χ1) is 16.0. The Morgan fingerprint density at radius 1 is 0.735 bits per heavy atom. The molecule has 9 nitrogen and oxygen atoms in total. The van der Waals surface area contributed by atoms with E-state index >= 15 is 0 Å². The van der Waals surface area contributed by atoms with Crippen molar-refractivity contribution in [1.29, 1.82) is 0 Å². The number of carbonyl (C=O) groups is 2. The number of nitrogens with zero attached hydrogens (tertiary/aromatic N) is 4. The zero-order valence-electron chi connectivity index (χ0n) is 17.9. The van der Waals surface area contributed by atoms with Crippen LogP contribution < -0.4 is 10.6 Å². The van der Waals surface area contributed by atoms with Gasteiger partial charge in [0.25, 0.3) is 5.24 Å². The molecule has 0 aliphatic rings. The maximum atomic E-state index is 11.2. The van der Waals surface area contributed by atoms with Crippen molar-refractivity contribution in [3.05, 3.63) is 96.8 Å². The van der Waals surface area contributed by atoms with Gasteiger partial charge in [0.2, 0.25) is 0 Å². The van der Waals surface area contributed by atoms with E-state index in [0.29, 0.717) is 22.8 Å². The number of nitrogens with one attached hydrogen (secondary N) is 2. The van der Waals surface area contributed by atoms with Crippen molar-refractivity contribution < 1.29 is 14.3 Å². The van der Waals surface area contributed by atoms with Crippen LogP contribution in [0.2, 0.25) is 0 Å². The second-order valence-corrected chi connectivity index (χ2v) is 6.70. The highest BCUT2D eigenvalue weighted by Gasteiger charge is 2.04. The fourth-order valence-electron chi connectivity index (χ4n) is 2.52. The summed E-state index contributed by atoms with van der Waals surface area (Å²) < 4.78 is 4.61. The highest BCUT2D eigenvalue weighted by Crippen LogP contribution is 2.16. The summed E-state index contributed by atoms with van der Waals surface area (Å²) >= 11 is 5.34. The van der Waals surface area contributed by atoms with E-state index in [2.05, 4.69) is 35.3 Å². The van der Waals surface area contributed by atoms with Crippen LogP contribution in [0.3, 0.4) is 0 Å². The highest BCUT2D eigenvalue weighted by molar-refractivity contribution is 6.67. The lowest BCUT2D eigenvalue weighted by atomic mass is 10.2. The molecule has 11 heteroatoms. The second kappa shape index (κ2) is 13.5. The molecule has 2 N–H and O–H groups in total. The Labute approximate surface area is 207 Å². The van der Waals surface area contributed by atoms with Gasteiger partial charge in [-0.3, -0.25) is 4.79 Å². The SMILES string of the molecule is COC(=O)c1ccc(Nc2ccncn2)cc1.Cl.O=C(Cl)c1ccc(Nc2ccncn2)cc1. The largest absolute Gasteiger partial charge is 0.465 e. The van der Waals surface area contributed by atoms with Gasteiger partial charge in [0.15, 0.2) is 0 Å². The molecule has 0 bridgehead atoms. The Hall–Kier alpha value is -4.08. The molecule has 2 aromatic heterocycles. The predicted molar refractivity (Wildman–Crippen MR) is 132 cm³/mol. The van der Waals surface area contributed by atoms with Crippen LogP contribution in [0.5, 0.6) is 0 Å². The first-order valence-electron chi connectivity index (χ1n) is 9.59. The third-order valence-corrected chi connectivity index (χ3v) is 4.34. The lowest BCUT2D eigenvalue weighted by molar-refractivity contribution is 0.0600. The van der Waals surface area contributed by atoms with E-state index in [0.717, 1.165) is 11.4 Å². The number of ether oxygens (including phenoxy) is 1. The topological polar surface area (TPSA) is 119 Å². The number of anilines is 4. The van der Waals surface area contributed by atoms with Gasteiger partial charge in [-0.2, -0.15) is 0 Å². The first-order valence-corrected chi connectivity index (χ1v) is 9.97. The molecule has 2 heterocycles. The van der Waals surface area contributed by atoms with Crippen molar-refractivity contribution in [2.45, 2.75) is 0 Å². The van der Waals surface area contributed by atoms with Crippen LogP contribution in [-0.4, -0.2) is 38.3 Å². The van der Waals surface area contributed by atoms with E-state index in [4.69, 9.17) is 11.6 Å². The molecule has 0 fully saturated rings. The molecule has 0 atom stereocenters. The summed E-state index contributed by atoms with van der Waals surface area (Å²) in [4.78, 5) is 37.7. The number of hydrogen-bond donors (Lipinski definition) is 2. The summed E-state index contributed by atoms with van der Waals surface area (Å²) in [5.41, 5.74) is 2.66. The molecule has 0 saturated carbocycles.